The Morgan fingerprint density at radius 2 is 1.84 bits per heavy atom. The molecule has 8 heteroatoms. The predicted molar refractivity (Wildman–Crippen MR) is 101 cm³/mol. The third-order valence-electron chi connectivity index (χ3n) is 3.44. The first-order valence-electron chi connectivity index (χ1n) is 7.20. The Hall–Kier alpha value is -2.02. The highest BCUT2D eigenvalue weighted by molar-refractivity contribution is 7.92. The molecular formula is C17H16Cl2N2O3S. The smallest absolute Gasteiger partial charge is 0.264 e. The van der Waals surface area contributed by atoms with E-state index < -0.39 is 10.0 Å². The maximum atomic E-state index is 12.7. The van der Waals surface area contributed by atoms with Gasteiger partial charge in [-0.3, -0.25) is 9.10 Å². The molecule has 1 N–H and O–H groups in total. The van der Waals surface area contributed by atoms with E-state index in [9.17, 15) is 13.2 Å². The first kappa shape index (κ1) is 19.3. The van der Waals surface area contributed by atoms with Crippen LogP contribution in [0.2, 0.25) is 10.0 Å². The molecule has 0 aliphatic rings. The van der Waals surface area contributed by atoms with Gasteiger partial charge in [0.05, 0.1) is 21.2 Å². The predicted octanol–water partition coefficient (Wildman–Crippen LogP) is 3.73. The summed E-state index contributed by atoms with van der Waals surface area (Å²) in [5, 5.41) is 3.21. The summed E-state index contributed by atoms with van der Waals surface area (Å²) in [5.41, 5.74) is 0.588. The van der Waals surface area contributed by atoms with Crippen LogP contribution in [0.25, 0.3) is 0 Å². The van der Waals surface area contributed by atoms with Crippen molar-refractivity contribution in [1.82, 2.24) is 5.32 Å². The molecule has 5 nitrogen and oxygen atoms in total. The van der Waals surface area contributed by atoms with Crippen LogP contribution in [-0.4, -0.2) is 27.9 Å². The van der Waals surface area contributed by atoms with Gasteiger partial charge in [0.25, 0.3) is 15.9 Å². The zero-order valence-corrected chi connectivity index (χ0v) is 15.7. The fraction of sp³-hybridized carbons (Fsp3) is 0.118. The summed E-state index contributed by atoms with van der Waals surface area (Å²) in [5.74, 6) is -0.361. The molecule has 0 saturated heterocycles. The van der Waals surface area contributed by atoms with Gasteiger partial charge in [0, 0.05) is 18.6 Å². The van der Waals surface area contributed by atoms with Crippen LogP contribution in [0, 0.1) is 0 Å². The monoisotopic (exact) mass is 398 g/mol. The van der Waals surface area contributed by atoms with Crippen molar-refractivity contribution < 1.29 is 13.2 Å². The Balaban J connectivity index is 2.32. The van der Waals surface area contributed by atoms with Gasteiger partial charge in [-0.15, -0.1) is 6.58 Å². The number of sulfonamides is 1. The van der Waals surface area contributed by atoms with E-state index in [2.05, 4.69) is 11.9 Å². The van der Waals surface area contributed by atoms with Crippen molar-refractivity contribution in [3.8, 4) is 0 Å². The Bertz CT molecular complexity index is 897. The van der Waals surface area contributed by atoms with Crippen LogP contribution < -0.4 is 9.62 Å². The summed E-state index contributed by atoms with van der Waals surface area (Å²) in [6, 6.07) is 10.3. The normalized spacial score (nSPS) is 11.0. The second kappa shape index (κ2) is 7.91. The molecule has 0 radical (unpaired) electrons. The molecule has 1 amide bonds. The standard InChI is InChI=1S/C17H16Cl2N2O3S/c1-3-10-20-17(22)15-9-6-13(11-16(15)19)21(2)25(23,24)14-7-4-12(18)5-8-14/h3-9,11H,1,10H2,2H3,(H,20,22). The molecule has 0 unspecified atom stereocenters. The summed E-state index contributed by atoms with van der Waals surface area (Å²) < 4.78 is 26.4. The highest BCUT2D eigenvalue weighted by atomic mass is 35.5. The number of carbonyl (C=O) groups excluding carboxylic acids is 1. The van der Waals surface area contributed by atoms with Crippen molar-refractivity contribution in [2.45, 2.75) is 4.90 Å². The topological polar surface area (TPSA) is 66.5 Å². The van der Waals surface area contributed by atoms with Gasteiger partial charge in [-0.1, -0.05) is 29.3 Å². The number of nitrogens with one attached hydrogen (secondary N) is 1. The molecule has 0 bridgehead atoms. The maximum Gasteiger partial charge on any atom is 0.264 e. The van der Waals surface area contributed by atoms with Gasteiger partial charge in [0.1, 0.15) is 0 Å². The molecule has 0 fully saturated rings. The van der Waals surface area contributed by atoms with Crippen molar-refractivity contribution in [2.75, 3.05) is 17.9 Å². The molecule has 0 aromatic heterocycles. The minimum atomic E-state index is -3.77. The zero-order valence-electron chi connectivity index (χ0n) is 13.4. The minimum absolute atomic E-state index is 0.100. The van der Waals surface area contributed by atoms with E-state index in [1.54, 1.807) is 6.08 Å². The third kappa shape index (κ3) is 4.34. The molecule has 0 heterocycles. The second-order valence-electron chi connectivity index (χ2n) is 5.09. The van der Waals surface area contributed by atoms with E-state index in [4.69, 9.17) is 23.2 Å². The van der Waals surface area contributed by atoms with Crippen molar-refractivity contribution in [2.24, 2.45) is 0 Å². The molecule has 0 atom stereocenters. The highest BCUT2D eigenvalue weighted by Crippen LogP contribution is 2.27. The Kier molecular flexibility index (Phi) is 6.11. The van der Waals surface area contributed by atoms with Gasteiger partial charge in [0.2, 0.25) is 0 Å². The van der Waals surface area contributed by atoms with Gasteiger partial charge in [0.15, 0.2) is 0 Å². The average Bonchev–Trinajstić information content (AvgIpc) is 2.59. The summed E-state index contributed by atoms with van der Waals surface area (Å²) in [6.45, 7) is 3.83. The fourth-order valence-corrected chi connectivity index (χ4v) is 3.62. The summed E-state index contributed by atoms with van der Waals surface area (Å²) in [6.07, 6.45) is 1.55. The number of hydrogen-bond acceptors (Lipinski definition) is 3. The molecule has 132 valence electrons. The summed E-state index contributed by atoms with van der Waals surface area (Å²) >= 11 is 11.9. The summed E-state index contributed by atoms with van der Waals surface area (Å²) in [7, 11) is -2.36. The van der Waals surface area contributed by atoms with E-state index >= 15 is 0 Å². The Labute approximate surface area is 156 Å². The SMILES string of the molecule is C=CCNC(=O)c1ccc(N(C)S(=O)(=O)c2ccc(Cl)cc2)cc1Cl. The summed E-state index contributed by atoms with van der Waals surface area (Å²) in [4.78, 5) is 12.1. The molecule has 2 aromatic carbocycles. The highest BCUT2D eigenvalue weighted by Gasteiger charge is 2.22. The molecular weight excluding hydrogens is 383 g/mol. The third-order valence-corrected chi connectivity index (χ3v) is 5.80. The fourth-order valence-electron chi connectivity index (χ4n) is 2.05. The lowest BCUT2D eigenvalue weighted by atomic mass is 10.2. The number of hydrogen-bond donors (Lipinski definition) is 1. The van der Waals surface area contributed by atoms with Gasteiger partial charge >= 0.3 is 0 Å². The van der Waals surface area contributed by atoms with Crippen LogP contribution in [0.1, 0.15) is 10.4 Å². The minimum Gasteiger partial charge on any atom is -0.349 e. The second-order valence-corrected chi connectivity index (χ2v) is 7.90. The number of anilines is 1. The average molecular weight is 399 g/mol. The quantitative estimate of drug-likeness (QED) is 0.753. The van der Waals surface area contributed by atoms with Crippen LogP contribution in [-0.2, 0) is 10.0 Å². The van der Waals surface area contributed by atoms with Crippen molar-refractivity contribution in [3.63, 3.8) is 0 Å². The zero-order chi connectivity index (χ0) is 18.6. The van der Waals surface area contributed by atoms with Gasteiger partial charge in [-0.2, -0.15) is 0 Å². The molecule has 0 aliphatic heterocycles. The number of amides is 1. The first-order valence-corrected chi connectivity index (χ1v) is 9.40. The molecule has 2 aromatic rings. The van der Waals surface area contributed by atoms with Crippen molar-refractivity contribution in [3.05, 3.63) is 70.7 Å². The number of rotatable bonds is 6. The van der Waals surface area contributed by atoms with Crippen LogP contribution in [0.15, 0.2) is 60.0 Å². The van der Waals surface area contributed by atoms with E-state index in [1.165, 1.54) is 49.5 Å². The van der Waals surface area contributed by atoms with Crippen LogP contribution in [0.3, 0.4) is 0 Å². The van der Waals surface area contributed by atoms with Crippen LogP contribution >= 0.6 is 23.2 Å². The van der Waals surface area contributed by atoms with Gasteiger partial charge in [-0.05, 0) is 42.5 Å². The lowest BCUT2D eigenvalue weighted by molar-refractivity contribution is 0.0958. The van der Waals surface area contributed by atoms with Crippen molar-refractivity contribution >= 4 is 44.8 Å². The largest absolute Gasteiger partial charge is 0.349 e. The number of nitrogens with zero attached hydrogens (tertiary/aromatic N) is 1. The number of halogens is 2. The number of carbonyl (C=O) groups is 1. The lowest BCUT2D eigenvalue weighted by Gasteiger charge is -2.20. The molecule has 25 heavy (non-hydrogen) atoms. The van der Waals surface area contributed by atoms with E-state index in [1.807, 2.05) is 0 Å². The lowest BCUT2D eigenvalue weighted by Crippen LogP contribution is -2.27. The molecule has 0 spiro atoms. The molecule has 0 saturated carbocycles. The van der Waals surface area contributed by atoms with Gasteiger partial charge in [-0.25, -0.2) is 8.42 Å². The molecule has 2 rings (SSSR count). The molecule has 0 aliphatic carbocycles. The van der Waals surface area contributed by atoms with E-state index in [-0.39, 0.29) is 21.4 Å². The van der Waals surface area contributed by atoms with Crippen LogP contribution in [0.4, 0.5) is 5.69 Å². The maximum absolute atomic E-state index is 12.7. The van der Waals surface area contributed by atoms with Crippen LogP contribution in [0.5, 0.6) is 0 Å². The van der Waals surface area contributed by atoms with E-state index in [0.717, 1.165) is 4.31 Å². The Morgan fingerprint density at radius 1 is 1.20 bits per heavy atom. The number of benzene rings is 2. The van der Waals surface area contributed by atoms with Gasteiger partial charge < -0.3 is 5.32 Å². The Morgan fingerprint density at radius 3 is 2.40 bits per heavy atom. The van der Waals surface area contributed by atoms with Crippen molar-refractivity contribution in [1.29, 1.82) is 0 Å². The van der Waals surface area contributed by atoms with E-state index in [0.29, 0.717) is 17.3 Å². The first-order chi connectivity index (χ1) is 11.8.